The number of hydrogen-bond acceptors (Lipinski definition) is 11. The van der Waals surface area contributed by atoms with Gasteiger partial charge in [-0.2, -0.15) is 0 Å². The van der Waals surface area contributed by atoms with Crippen LogP contribution in [-0.2, 0) is 62.4 Å². The minimum absolute atomic E-state index is 0.00407. The van der Waals surface area contributed by atoms with E-state index >= 15 is 0 Å². The molecule has 20 heteroatoms. The van der Waals surface area contributed by atoms with Gasteiger partial charge < -0.3 is 56.4 Å². The zero-order valence-electron chi connectivity index (χ0n) is 42.6. The van der Waals surface area contributed by atoms with Crippen molar-refractivity contribution in [2.45, 2.75) is 139 Å². The van der Waals surface area contributed by atoms with Crippen molar-refractivity contribution in [2.24, 2.45) is 5.92 Å². The monoisotopic (exact) mass is 1030 g/mol. The molecule has 0 aromatic heterocycles. The van der Waals surface area contributed by atoms with Crippen LogP contribution in [0.15, 0.2) is 78.9 Å². The highest BCUT2D eigenvalue weighted by molar-refractivity contribution is 5.99. The maximum Gasteiger partial charge on any atom is 0.246 e. The summed E-state index contributed by atoms with van der Waals surface area (Å²) in [6.07, 6.45) is 3.11. The molecule has 400 valence electrons. The van der Waals surface area contributed by atoms with E-state index in [-0.39, 0.29) is 95.0 Å². The standard InChI is InChI=1S/C55H69N9O11/c1-33(2)28-40-52(72)61-24-7-13-44(61)50(70)58-39(29-34-10-4-3-5-11-34)48(68)59-42(31-36-18-22-38(66)23-19-36)54(74)64-27-9-15-46(64)55(75)63-26-6-12-43(63)49(69)56-32-47(67)57-41(30-35-16-20-37(65)21-17-35)53(73)62-25-8-14-45(62)51(71)60-40/h3-5,10-11,16-23,33,39-46,65-66H,6-9,12-15,24-32H2,1-2H3,(H,56,69)(H,57,67)(H,58,70)(H,59,68)(H,60,71)/t39-,40-,41-,42+,43+,44+,45+,46+/m1/s1. The number of rotatable bonds is 8. The largest absolute Gasteiger partial charge is 0.508 e. The van der Waals surface area contributed by atoms with Crippen molar-refractivity contribution >= 4 is 53.2 Å². The van der Waals surface area contributed by atoms with Crippen LogP contribution < -0.4 is 26.6 Å². The number of phenols is 2. The highest BCUT2D eigenvalue weighted by Crippen LogP contribution is 2.28. The van der Waals surface area contributed by atoms with Crippen molar-refractivity contribution in [3.63, 3.8) is 0 Å². The van der Waals surface area contributed by atoms with Gasteiger partial charge in [-0.1, -0.05) is 68.4 Å². The molecule has 5 fully saturated rings. The molecule has 3 aromatic carbocycles. The molecule has 0 saturated carbocycles. The smallest absolute Gasteiger partial charge is 0.246 e. The van der Waals surface area contributed by atoms with E-state index in [0.717, 1.165) is 0 Å². The Labute approximate surface area is 436 Å². The van der Waals surface area contributed by atoms with Gasteiger partial charge in [0.2, 0.25) is 53.2 Å². The third-order valence-corrected chi connectivity index (χ3v) is 15.0. The van der Waals surface area contributed by atoms with Crippen LogP contribution in [0.2, 0.25) is 0 Å². The molecule has 3 aromatic rings. The molecule has 75 heavy (non-hydrogen) atoms. The lowest BCUT2D eigenvalue weighted by Crippen LogP contribution is -2.60. The zero-order valence-corrected chi connectivity index (χ0v) is 42.6. The van der Waals surface area contributed by atoms with Crippen molar-refractivity contribution in [2.75, 3.05) is 32.7 Å². The molecule has 9 amide bonds. The molecule has 8 rings (SSSR count). The number of carbonyl (C=O) groups excluding carboxylic acids is 9. The van der Waals surface area contributed by atoms with E-state index in [4.69, 9.17) is 0 Å². The topological polar surface area (TPSA) is 267 Å². The summed E-state index contributed by atoms with van der Waals surface area (Å²) >= 11 is 0. The van der Waals surface area contributed by atoms with Crippen LogP contribution in [0.4, 0.5) is 0 Å². The van der Waals surface area contributed by atoms with Gasteiger partial charge in [0.25, 0.3) is 0 Å². The molecule has 0 aliphatic carbocycles. The molecule has 5 aliphatic heterocycles. The lowest BCUT2D eigenvalue weighted by molar-refractivity contribution is -0.148. The van der Waals surface area contributed by atoms with Gasteiger partial charge in [-0.15, -0.1) is 0 Å². The Morgan fingerprint density at radius 2 is 0.827 bits per heavy atom. The Hall–Kier alpha value is -7.51. The zero-order chi connectivity index (χ0) is 53.3. The SMILES string of the molecule is CC(C)C[C@H]1NC(=O)[C@@H]2CCCN2C(=O)[C@@H](Cc2ccc(O)cc2)NC(=O)CNC(=O)[C@@H]2CCCN2C(=O)[C@@H]2CCCN2C(=O)[C@H](Cc2ccc(O)cc2)NC(=O)[C@@H](Cc2ccccc2)NC(=O)[C@@H]2CCCN2C1=O. The van der Waals surface area contributed by atoms with E-state index in [9.17, 15) is 53.4 Å². The minimum Gasteiger partial charge on any atom is -0.508 e. The van der Waals surface area contributed by atoms with E-state index in [0.29, 0.717) is 42.4 Å². The second kappa shape index (κ2) is 24.2. The van der Waals surface area contributed by atoms with Crippen LogP contribution in [0, 0.1) is 5.92 Å². The predicted molar refractivity (Wildman–Crippen MR) is 273 cm³/mol. The average molecular weight is 1030 g/mol. The van der Waals surface area contributed by atoms with E-state index in [1.807, 2.05) is 19.9 Å². The summed E-state index contributed by atoms with van der Waals surface area (Å²) in [6.45, 7) is 4.01. The fourth-order valence-corrected chi connectivity index (χ4v) is 11.2. The highest BCUT2D eigenvalue weighted by atomic mass is 16.3. The number of nitrogens with one attached hydrogen (secondary N) is 5. The van der Waals surface area contributed by atoms with Crippen molar-refractivity contribution < 1.29 is 53.4 Å². The molecule has 0 radical (unpaired) electrons. The first kappa shape index (κ1) is 53.8. The van der Waals surface area contributed by atoms with E-state index in [2.05, 4.69) is 26.6 Å². The fraction of sp³-hybridized carbons (Fsp3) is 0.509. The molecular weight excluding hydrogens is 963 g/mol. The number of benzene rings is 3. The Bertz CT molecular complexity index is 2600. The minimum atomic E-state index is -1.25. The molecule has 7 N–H and O–H groups in total. The quantitative estimate of drug-likeness (QED) is 0.169. The third kappa shape index (κ3) is 13.1. The first-order valence-corrected chi connectivity index (χ1v) is 26.3. The van der Waals surface area contributed by atoms with Crippen LogP contribution in [0.25, 0.3) is 0 Å². The van der Waals surface area contributed by atoms with Crippen LogP contribution in [0.5, 0.6) is 11.5 Å². The lowest BCUT2D eigenvalue weighted by Gasteiger charge is -2.33. The molecule has 0 unspecified atom stereocenters. The van der Waals surface area contributed by atoms with Crippen LogP contribution in [-0.4, -0.2) is 164 Å². The van der Waals surface area contributed by atoms with E-state index in [1.165, 1.54) is 43.9 Å². The number of nitrogens with zero attached hydrogens (tertiary/aromatic N) is 4. The molecule has 0 spiro atoms. The number of aromatic hydroxyl groups is 2. The average Bonchev–Trinajstić information content (AvgIpc) is 4.26. The number of carbonyl (C=O) groups is 9. The molecule has 8 atom stereocenters. The molecule has 0 bridgehead atoms. The van der Waals surface area contributed by atoms with Crippen LogP contribution in [0.3, 0.4) is 0 Å². The second-order valence-electron chi connectivity index (χ2n) is 20.8. The Morgan fingerprint density at radius 3 is 1.33 bits per heavy atom. The van der Waals surface area contributed by atoms with Crippen LogP contribution in [0.1, 0.15) is 88.3 Å². The van der Waals surface area contributed by atoms with Gasteiger partial charge in [0, 0.05) is 45.4 Å². The first-order chi connectivity index (χ1) is 36.0. The summed E-state index contributed by atoms with van der Waals surface area (Å²) in [7, 11) is 0. The second-order valence-corrected chi connectivity index (χ2v) is 20.8. The normalized spacial score (nSPS) is 26.9. The molecule has 5 saturated heterocycles. The number of amides is 9. The Kier molecular flexibility index (Phi) is 17.4. The number of phenolic OH excluding ortho intramolecular Hbond substituents is 2. The summed E-state index contributed by atoms with van der Waals surface area (Å²) in [5, 5.41) is 34.2. The predicted octanol–water partition coefficient (Wildman–Crippen LogP) is 1.20. The van der Waals surface area contributed by atoms with Gasteiger partial charge >= 0.3 is 0 Å². The van der Waals surface area contributed by atoms with Crippen molar-refractivity contribution in [1.82, 2.24) is 46.2 Å². The van der Waals surface area contributed by atoms with E-state index in [1.54, 1.807) is 48.5 Å². The van der Waals surface area contributed by atoms with Gasteiger partial charge in [0.1, 0.15) is 59.8 Å². The lowest BCUT2D eigenvalue weighted by atomic mass is 10.0. The Balaban J connectivity index is 1.13. The van der Waals surface area contributed by atoms with Crippen molar-refractivity contribution in [3.05, 3.63) is 95.6 Å². The fourth-order valence-electron chi connectivity index (χ4n) is 11.2. The summed E-state index contributed by atoms with van der Waals surface area (Å²) in [4.78, 5) is 136. The highest BCUT2D eigenvalue weighted by Gasteiger charge is 2.46. The maximum atomic E-state index is 14.9. The number of hydrogen-bond donors (Lipinski definition) is 7. The molecule has 5 aliphatic rings. The van der Waals surface area contributed by atoms with Gasteiger partial charge in [0.15, 0.2) is 0 Å². The van der Waals surface area contributed by atoms with Crippen molar-refractivity contribution in [3.8, 4) is 11.5 Å². The summed E-state index contributed by atoms with van der Waals surface area (Å²) in [5.41, 5.74) is 1.89. The molecule has 5 heterocycles. The van der Waals surface area contributed by atoms with Gasteiger partial charge in [-0.25, -0.2) is 0 Å². The first-order valence-electron chi connectivity index (χ1n) is 26.3. The summed E-state index contributed by atoms with van der Waals surface area (Å²) in [6, 6.07) is 12.5. The molecular formula is C55H69N9O11. The summed E-state index contributed by atoms with van der Waals surface area (Å²) < 4.78 is 0. The summed E-state index contributed by atoms with van der Waals surface area (Å²) in [5.74, 6) is -5.36. The maximum absolute atomic E-state index is 14.9. The van der Waals surface area contributed by atoms with Crippen molar-refractivity contribution in [1.29, 1.82) is 0 Å². The Morgan fingerprint density at radius 1 is 0.440 bits per heavy atom. The van der Waals surface area contributed by atoms with Gasteiger partial charge in [0.05, 0.1) is 6.54 Å². The van der Waals surface area contributed by atoms with Gasteiger partial charge in [-0.3, -0.25) is 43.2 Å². The van der Waals surface area contributed by atoms with E-state index < -0.39 is 108 Å². The third-order valence-electron chi connectivity index (χ3n) is 15.0. The van der Waals surface area contributed by atoms with Gasteiger partial charge in [-0.05, 0) is 105 Å². The molecule has 20 nitrogen and oxygen atoms in total. The van der Waals surface area contributed by atoms with Crippen LogP contribution >= 0.6 is 0 Å². The number of fused-ring (bicyclic) bond motifs is 4.